The first-order chi connectivity index (χ1) is 13.0. The average molecular weight is 367 g/mol. The number of hydrogen-bond donors (Lipinski definition) is 2. The monoisotopic (exact) mass is 367 g/mol. The van der Waals surface area contributed by atoms with Crippen LogP contribution >= 0.6 is 0 Å². The Bertz CT molecular complexity index is 721. The number of carbonyl (C=O) groups is 1. The van der Waals surface area contributed by atoms with Gasteiger partial charge in [0.2, 0.25) is 5.91 Å². The van der Waals surface area contributed by atoms with Crippen molar-refractivity contribution in [1.82, 2.24) is 4.90 Å². The first-order valence-corrected chi connectivity index (χ1v) is 9.81. The van der Waals surface area contributed by atoms with Crippen LogP contribution in [0.2, 0.25) is 0 Å². The second-order valence-corrected chi connectivity index (χ2v) is 7.73. The number of amides is 1. The van der Waals surface area contributed by atoms with Crippen molar-refractivity contribution in [3.8, 4) is 5.75 Å². The van der Waals surface area contributed by atoms with E-state index in [0.29, 0.717) is 12.3 Å². The van der Waals surface area contributed by atoms with Gasteiger partial charge in [0, 0.05) is 19.5 Å². The third-order valence-electron chi connectivity index (χ3n) is 5.60. The van der Waals surface area contributed by atoms with Crippen molar-refractivity contribution in [2.75, 3.05) is 13.1 Å². The smallest absolute Gasteiger partial charge is 0.222 e. The van der Waals surface area contributed by atoms with Gasteiger partial charge in [-0.25, -0.2) is 0 Å². The second kappa shape index (κ2) is 9.05. The third-order valence-corrected chi connectivity index (χ3v) is 5.60. The molecule has 0 spiro atoms. The largest absolute Gasteiger partial charge is 0.508 e. The summed E-state index contributed by atoms with van der Waals surface area (Å²) in [6, 6.07) is 17.1. The van der Waals surface area contributed by atoms with E-state index >= 15 is 0 Å². The zero-order valence-electron chi connectivity index (χ0n) is 15.9. The Balaban J connectivity index is 1.46. The molecule has 1 heterocycles. The highest BCUT2D eigenvalue weighted by Crippen LogP contribution is 2.28. The molecule has 0 unspecified atom stereocenters. The Morgan fingerprint density at radius 3 is 2.33 bits per heavy atom. The Kier molecular flexibility index (Phi) is 6.51. The molecule has 2 atom stereocenters. The van der Waals surface area contributed by atoms with Gasteiger partial charge in [-0.05, 0) is 54.4 Å². The molecule has 27 heavy (non-hydrogen) atoms. The van der Waals surface area contributed by atoms with Gasteiger partial charge < -0.3 is 15.1 Å². The second-order valence-electron chi connectivity index (χ2n) is 7.73. The molecule has 1 saturated heterocycles. The number of phenols is 1. The summed E-state index contributed by atoms with van der Waals surface area (Å²) in [5.41, 5.74) is 2.10. The molecule has 2 aromatic rings. The van der Waals surface area contributed by atoms with Crippen LogP contribution in [0.5, 0.6) is 5.75 Å². The van der Waals surface area contributed by atoms with Gasteiger partial charge in [0.05, 0.1) is 6.10 Å². The molecule has 0 bridgehead atoms. The van der Waals surface area contributed by atoms with Crippen molar-refractivity contribution in [3.05, 3.63) is 65.7 Å². The maximum absolute atomic E-state index is 12.6. The molecule has 144 valence electrons. The molecule has 0 radical (unpaired) electrons. The van der Waals surface area contributed by atoms with Gasteiger partial charge in [0.25, 0.3) is 0 Å². The van der Waals surface area contributed by atoms with Crippen molar-refractivity contribution in [2.24, 2.45) is 11.8 Å². The number of carbonyl (C=O) groups excluding carboxylic acids is 1. The Hall–Kier alpha value is -2.33. The fourth-order valence-electron chi connectivity index (χ4n) is 3.85. The van der Waals surface area contributed by atoms with E-state index < -0.39 is 6.10 Å². The van der Waals surface area contributed by atoms with Crippen LogP contribution in [0.4, 0.5) is 0 Å². The molecule has 1 fully saturated rings. The minimum Gasteiger partial charge on any atom is -0.508 e. The number of nitrogens with zero attached hydrogens (tertiary/aromatic N) is 1. The molecule has 0 aliphatic carbocycles. The maximum Gasteiger partial charge on any atom is 0.222 e. The molecule has 0 aromatic heterocycles. The summed E-state index contributed by atoms with van der Waals surface area (Å²) >= 11 is 0. The molecule has 2 aromatic carbocycles. The molecule has 1 aliphatic rings. The lowest BCUT2D eigenvalue weighted by molar-refractivity contribution is -0.134. The van der Waals surface area contributed by atoms with Crippen LogP contribution in [-0.2, 0) is 11.2 Å². The zero-order chi connectivity index (χ0) is 19.2. The lowest BCUT2D eigenvalue weighted by Gasteiger charge is -2.33. The van der Waals surface area contributed by atoms with E-state index in [9.17, 15) is 15.0 Å². The summed E-state index contributed by atoms with van der Waals surface area (Å²) in [6.45, 7) is 3.51. The van der Waals surface area contributed by atoms with Crippen LogP contribution in [0.25, 0.3) is 0 Å². The summed E-state index contributed by atoms with van der Waals surface area (Å²) in [7, 11) is 0. The summed E-state index contributed by atoms with van der Waals surface area (Å²) in [4.78, 5) is 14.6. The van der Waals surface area contributed by atoms with Gasteiger partial charge in [0.15, 0.2) is 0 Å². The highest BCUT2D eigenvalue weighted by atomic mass is 16.3. The standard InChI is InChI=1S/C23H29NO3/c1-17(23(27)20-7-9-21(25)10-8-20)15-22(26)24-13-11-19(12-14-24)16-18-5-3-2-4-6-18/h2-10,17,19,23,25,27H,11-16H2,1H3/t17-,23+/m1/s1. The lowest BCUT2D eigenvalue weighted by atomic mass is 9.89. The SMILES string of the molecule is C[C@H](CC(=O)N1CCC(Cc2ccccc2)CC1)[C@H](O)c1ccc(O)cc1. The van der Waals surface area contributed by atoms with Crippen LogP contribution < -0.4 is 0 Å². The molecular weight excluding hydrogens is 338 g/mol. The number of aliphatic hydroxyl groups excluding tert-OH is 1. The Morgan fingerprint density at radius 1 is 1.07 bits per heavy atom. The zero-order valence-corrected chi connectivity index (χ0v) is 15.9. The minimum atomic E-state index is -0.704. The van der Waals surface area contributed by atoms with Gasteiger partial charge in [-0.2, -0.15) is 0 Å². The first-order valence-electron chi connectivity index (χ1n) is 9.81. The quantitative estimate of drug-likeness (QED) is 0.813. The van der Waals surface area contributed by atoms with Crippen molar-refractivity contribution >= 4 is 5.91 Å². The lowest BCUT2D eigenvalue weighted by Crippen LogP contribution is -2.39. The summed E-state index contributed by atoms with van der Waals surface area (Å²) in [5, 5.41) is 19.8. The predicted octanol–water partition coefficient (Wildman–Crippen LogP) is 3.93. The molecule has 0 saturated carbocycles. The van der Waals surface area contributed by atoms with Crippen LogP contribution in [0.1, 0.15) is 43.4 Å². The predicted molar refractivity (Wildman–Crippen MR) is 106 cm³/mol. The highest BCUT2D eigenvalue weighted by molar-refractivity contribution is 5.76. The topological polar surface area (TPSA) is 60.8 Å². The van der Waals surface area contributed by atoms with E-state index in [1.165, 1.54) is 5.56 Å². The number of benzene rings is 2. The van der Waals surface area contributed by atoms with Crippen LogP contribution in [0.15, 0.2) is 54.6 Å². The van der Waals surface area contributed by atoms with Gasteiger partial charge in [-0.1, -0.05) is 49.4 Å². The average Bonchev–Trinajstić information content (AvgIpc) is 2.69. The summed E-state index contributed by atoms with van der Waals surface area (Å²) in [5.74, 6) is 0.770. The maximum atomic E-state index is 12.6. The molecule has 2 N–H and O–H groups in total. The summed E-state index contributed by atoms with van der Waals surface area (Å²) in [6.07, 6.45) is 2.79. The first kappa shape index (κ1) is 19.4. The Labute approximate surface area is 161 Å². The van der Waals surface area contributed by atoms with E-state index in [-0.39, 0.29) is 17.6 Å². The van der Waals surface area contributed by atoms with E-state index in [2.05, 4.69) is 24.3 Å². The molecule has 4 heteroatoms. The molecule has 4 nitrogen and oxygen atoms in total. The molecule has 1 aliphatic heterocycles. The number of likely N-dealkylation sites (tertiary alicyclic amines) is 1. The van der Waals surface area contributed by atoms with Crippen LogP contribution in [0, 0.1) is 11.8 Å². The fraction of sp³-hybridized carbons (Fsp3) is 0.435. The number of aromatic hydroxyl groups is 1. The van der Waals surface area contributed by atoms with E-state index in [1.54, 1.807) is 24.3 Å². The summed E-state index contributed by atoms with van der Waals surface area (Å²) < 4.78 is 0. The van der Waals surface area contributed by atoms with Crippen molar-refractivity contribution in [1.29, 1.82) is 0 Å². The van der Waals surface area contributed by atoms with Crippen molar-refractivity contribution in [3.63, 3.8) is 0 Å². The molecule has 3 rings (SSSR count). The minimum absolute atomic E-state index is 0.124. The van der Waals surface area contributed by atoms with Crippen molar-refractivity contribution < 1.29 is 15.0 Å². The number of aliphatic hydroxyl groups is 1. The van der Waals surface area contributed by atoms with Gasteiger partial charge in [0.1, 0.15) is 5.75 Å². The van der Waals surface area contributed by atoms with E-state index in [0.717, 1.165) is 37.9 Å². The highest BCUT2D eigenvalue weighted by Gasteiger charge is 2.26. The number of hydrogen-bond acceptors (Lipinski definition) is 3. The van der Waals surface area contributed by atoms with Crippen LogP contribution in [-0.4, -0.2) is 34.1 Å². The van der Waals surface area contributed by atoms with Crippen molar-refractivity contribution in [2.45, 2.75) is 38.7 Å². The van der Waals surface area contributed by atoms with Crippen LogP contribution in [0.3, 0.4) is 0 Å². The third kappa shape index (κ3) is 5.33. The number of piperidine rings is 1. The molecular formula is C23H29NO3. The number of phenolic OH excluding ortho intramolecular Hbond substituents is 1. The van der Waals surface area contributed by atoms with Gasteiger partial charge in [-0.3, -0.25) is 4.79 Å². The molecule has 1 amide bonds. The van der Waals surface area contributed by atoms with E-state index in [1.807, 2.05) is 17.9 Å². The van der Waals surface area contributed by atoms with Gasteiger partial charge >= 0.3 is 0 Å². The van der Waals surface area contributed by atoms with E-state index in [4.69, 9.17) is 0 Å². The Morgan fingerprint density at radius 2 is 1.70 bits per heavy atom. The normalized spacial score (nSPS) is 17.5. The number of rotatable bonds is 6. The fourth-order valence-corrected chi connectivity index (χ4v) is 3.85. The van der Waals surface area contributed by atoms with Gasteiger partial charge in [-0.15, -0.1) is 0 Å².